The Morgan fingerprint density at radius 1 is 1.16 bits per heavy atom. The van der Waals surface area contributed by atoms with E-state index < -0.39 is 10.0 Å². The Bertz CT molecular complexity index is 530. The molecule has 0 unspecified atom stereocenters. The SMILES string of the molecule is CN1CCN(S(=O)(=O)CCCCN)c2ccccc21. The number of hydrogen-bond acceptors (Lipinski definition) is 4. The number of nitrogens with zero attached hydrogens (tertiary/aromatic N) is 2. The highest BCUT2D eigenvalue weighted by Gasteiger charge is 2.28. The molecule has 0 saturated carbocycles. The topological polar surface area (TPSA) is 66.6 Å². The zero-order chi connectivity index (χ0) is 13.9. The first kappa shape index (κ1) is 14.1. The van der Waals surface area contributed by atoms with Gasteiger partial charge in [-0.15, -0.1) is 0 Å². The molecule has 2 rings (SSSR count). The molecule has 19 heavy (non-hydrogen) atoms. The summed E-state index contributed by atoms with van der Waals surface area (Å²) in [5.74, 6) is 0.169. The molecule has 0 atom stereocenters. The zero-order valence-electron chi connectivity index (χ0n) is 11.2. The number of para-hydroxylation sites is 2. The Morgan fingerprint density at radius 2 is 1.84 bits per heavy atom. The average Bonchev–Trinajstić information content (AvgIpc) is 2.39. The van der Waals surface area contributed by atoms with Crippen molar-refractivity contribution in [1.82, 2.24) is 0 Å². The van der Waals surface area contributed by atoms with E-state index >= 15 is 0 Å². The molecular weight excluding hydrogens is 262 g/mol. The van der Waals surface area contributed by atoms with Gasteiger partial charge in [-0.2, -0.15) is 0 Å². The Kier molecular flexibility index (Phi) is 4.31. The van der Waals surface area contributed by atoms with Gasteiger partial charge < -0.3 is 10.6 Å². The fourth-order valence-electron chi connectivity index (χ4n) is 2.31. The van der Waals surface area contributed by atoms with Gasteiger partial charge in [-0.25, -0.2) is 8.42 Å². The second-order valence-electron chi connectivity index (χ2n) is 4.79. The van der Waals surface area contributed by atoms with Crippen molar-refractivity contribution in [2.75, 3.05) is 41.6 Å². The third-order valence-electron chi connectivity index (χ3n) is 3.39. The number of likely N-dealkylation sites (N-methyl/N-ethyl adjacent to an activating group) is 1. The van der Waals surface area contributed by atoms with Crippen molar-refractivity contribution in [2.24, 2.45) is 5.73 Å². The molecule has 0 spiro atoms. The molecule has 1 aromatic carbocycles. The van der Waals surface area contributed by atoms with Crippen LogP contribution in [0.25, 0.3) is 0 Å². The summed E-state index contributed by atoms with van der Waals surface area (Å²) in [6, 6.07) is 7.63. The molecule has 0 aromatic heterocycles. The van der Waals surface area contributed by atoms with Crippen molar-refractivity contribution < 1.29 is 8.42 Å². The predicted octanol–water partition coefficient (Wildman–Crippen LogP) is 1.01. The van der Waals surface area contributed by atoms with Crippen molar-refractivity contribution >= 4 is 21.4 Å². The van der Waals surface area contributed by atoms with Crippen LogP contribution >= 0.6 is 0 Å². The summed E-state index contributed by atoms with van der Waals surface area (Å²) in [7, 11) is -1.26. The Hall–Kier alpha value is -1.27. The zero-order valence-corrected chi connectivity index (χ0v) is 12.1. The second kappa shape index (κ2) is 5.79. The fraction of sp³-hybridized carbons (Fsp3) is 0.538. The second-order valence-corrected chi connectivity index (χ2v) is 6.81. The van der Waals surface area contributed by atoms with Crippen LogP contribution in [-0.2, 0) is 10.0 Å². The van der Waals surface area contributed by atoms with Crippen LogP contribution in [0.3, 0.4) is 0 Å². The van der Waals surface area contributed by atoms with E-state index in [-0.39, 0.29) is 5.75 Å². The number of benzene rings is 1. The molecule has 1 heterocycles. The van der Waals surface area contributed by atoms with Crippen LogP contribution in [0.5, 0.6) is 0 Å². The van der Waals surface area contributed by atoms with Crippen LogP contribution in [0.4, 0.5) is 11.4 Å². The van der Waals surface area contributed by atoms with E-state index in [1.807, 2.05) is 31.3 Å². The molecule has 0 fully saturated rings. The smallest absolute Gasteiger partial charge is 0.235 e. The molecule has 0 bridgehead atoms. The van der Waals surface area contributed by atoms with E-state index in [4.69, 9.17) is 5.73 Å². The van der Waals surface area contributed by atoms with E-state index in [0.717, 1.165) is 17.8 Å². The minimum atomic E-state index is -3.24. The standard InChI is InChI=1S/C13H21N3O2S/c1-15-9-10-16(13-7-3-2-6-12(13)15)19(17,18)11-5-4-8-14/h2-3,6-7H,4-5,8-11,14H2,1H3. The first-order valence-corrected chi connectivity index (χ1v) is 8.18. The van der Waals surface area contributed by atoms with Gasteiger partial charge in [0.2, 0.25) is 10.0 Å². The lowest BCUT2D eigenvalue weighted by atomic mass is 10.2. The molecular formula is C13H21N3O2S. The maximum absolute atomic E-state index is 12.4. The van der Waals surface area contributed by atoms with Crippen molar-refractivity contribution in [3.63, 3.8) is 0 Å². The number of unbranched alkanes of at least 4 members (excludes halogenated alkanes) is 1. The average molecular weight is 283 g/mol. The molecule has 2 N–H and O–H groups in total. The number of fused-ring (bicyclic) bond motifs is 1. The molecule has 106 valence electrons. The summed E-state index contributed by atoms with van der Waals surface area (Å²) in [6.45, 7) is 1.76. The summed E-state index contributed by atoms with van der Waals surface area (Å²) in [5, 5.41) is 0. The fourth-order valence-corrected chi connectivity index (χ4v) is 3.91. The number of rotatable bonds is 5. The lowest BCUT2D eigenvalue weighted by molar-refractivity contribution is 0.585. The summed E-state index contributed by atoms with van der Waals surface area (Å²) in [5.41, 5.74) is 7.17. The Morgan fingerprint density at radius 3 is 2.53 bits per heavy atom. The van der Waals surface area contributed by atoms with Gasteiger partial charge in [0.25, 0.3) is 0 Å². The monoisotopic (exact) mass is 283 g/mol. The molecule has 1 aliphatic rings. The van der Waals surface area contributed by atoms with Crippen molar-refractivity contribution in [3.05, 3.63) is 24.3 Å². The van der Waals surface area contributed by atoms with Crippen LogP contribution in [0.1, 0.15) is 12.8 Å². The van der Waals surface area contributed by atoms with Gasteiger partial charge in [-0.1, -0.05) is 12.1 Å². The third kappa shape index (κ3) is 3.01. The molecule has 6 heteroatoms. The maximum Gasteiger partial charge on any atom is 0.235 e. The van der Waals surface area contributed by atoms with E-state index in [9.17, 15) is 8.42 Å². The van der Waals surface area contributed by atoms with Crippen LogP contribution in [0.2, 0.25) is 0 Å². The van der Waals surface area contributed by atoms with Gasteiger partial charge in [0.15, 0.2) is 0 Å². The van der Waals surface area contributed by atoms with Crippen LogP contribution in [0, 0.1) is 0 Å². The third-order valence-corrected chi connectivity index (χ3v) is 5.25. The van der Waals surface area contributed by atoms with Gasteiger partial charge in [0.05, 0.1) is 23.7 Å². The molecule has 0 saturated heterocycles. The quantitative estimate of drug-likeness (QED) is 0.819. The molecule has 0 amide bonds. The largest absolute Gasteiger partial charge is 0.371 e. The highest BCUT2D eigenvalue weighted by Crippen LogP contribution is 2.33. The number of hydrogen-bond donors (Lipinski definition) is 1. The Balaban J connectivity index is 2.24. The lowest BCUT2D eigenvalue weighted by Crippen LogP contribution is -2.43. The molecule has 1 aromatic rings. The van der Waals surface area contributed by atoms with E-state index in [0.29, 0.717) is 26.1 Å². The number of anilines is 2. The summed E-state index contributed by atoms with van der Waals surface area (Å²) in [6.07, 6.45) is 1.36. The van der Waals surface area contributed by atoms with Gasteiger partial charge in [0, 0.05) is 13.6 Å². The first-order valence-electron chi connectivity index (χ1n) is 6.57. The normalized spacial score (nSPS) is 15.5. The minimum Gasteiger partial charge on any atom is -0.371 e. The molecule has 0 aliphatic carbocycles. The lowest BCUT2D eigenvalue weighted by Gasteiger charge is -2.36. The van der Waals surface area contributed by atoms with Crippen LogP contribution < -0.4 is 14.9 Å². The summed E-state index contributed by atoms with van der Waals surface area (Å²) >= 11 is 0. The van der Waals surface area contributed by atoms with E-state index in [1.165, 1.54) is 0 Å². The van der Waals surface area contributed by atoms with E-state index in [1.54, 1.807) is 4.31 Å². The molecule has 1 aliphatic heterocycles. The summed E-state index contributed by atoms with van der Waals surface area (Å²) in [4.78, 5) is 2.08. The van der Waals surface area contributed by atoms with E-state index in [2.05, 4.69) is 4.90 Å². The maximum atomic E-state index is 12.4. The van der Waals surface area contributed by atoms with Gasteiger partial charge in [-0.3, -0.25) is 4.31 Å². The van der Waals surface area contributed by atoms with Crippen LogP contribution in [0.15, 0.2) is 24.3 Å². The number of nitrogens with two attached hydrogens (primary N) is 1. The van der Waals surface area contributed by atoms with Gasteiger partial charge in [0.1, 0.15) is 0 Å². The molecule has 5 nitrogen and oxygen atoms in total. The summed E-state index contributed by atoms with van der Waals surface area (Å²) < 4.78 is 26.3. The van der Waals surface area contributed by atoms with Gasteiger partial charge >= 0.3 is 0 Å². The van der Waals surface area contributed by atoms with Crippen molar-refractivity contribution in [1.29, 1.82) is 0 Å². The highest BCUT2D eigenvalue weighted by molar-refractivity contribution is 7.92. The highest BCUT2D eigenvalue weighted by atomic mass is 32.2. The number of sulfonamides is 1. The van der Waals surface area contributed by atoms with Crippen molar-refractivity contribution in [3.8, 4) is 0 Å². The van der Waals surface area contributed by atoms with Crippen molar-refractivity contribution in [2.45, 2.75) is 12.8 Å². The Labute approximate surface area is 115 Å². The first-order chi connectivity index (χ1) is 9.06. The van der Waals surface area contributed by atoms with Gasteiger partial charge in [-0.05, 0) is 31.5 Å². The predicted molar refractivity (Wildman–Crippen MR) is 79.1 cm³/mol. The minimum absolute atomic E-state index is 0.169. The van der Waals surface area contributed by atoms with Crippen LogP contribution in [-0.4, -0.2) is 40.9 Å². The molecule has 0 radical (unpaired) electrons.